The van der Waals surface area contributed by atoms with E-state index in [2.05, 4.69) is 17.1 Å². The first-order chi connectivity index (χ1) is 11.2. The molecule has 6 heteroatoms. The zero-order valence-corrected chi connectivity index (χ0v) is 13.8. The molecule has 2 amide bonds. The van der Waals surface area contributed by atoms with Gasteiger partial charge in [-0.15, -0.1) is 0 Å². The Morgan fingerprint density at radius 3 is 3.00 bits per heavy atom. The fraction of sp³-hybridized carbons (Fsp3) is 0.706. The van der Waals surface area contributed by atoms with Crippen LogP contribution in [0, 0.1) is 5.92 Å². The van der Waals surface area contributed by atoms with E-state index in [9.17, 15) is 9.59 Å². The molecule has 0 aromatic carbocycles. The summed E-state index contributed by atoms with van der Waals surface area (Å²) in [6.45, 7) is 4.25. The average Bonchev–Trinajstić information content (AvgIpc) is 2.91. The maximum atomic E-state index is 12.5. The van der Waals surface area contributed by atoms with Crippen LogP contribution in [-0.4, -0.2) is 57.5 Å². The number of aromatic amines is 1. The molecule has 1 aromatic rings. The Morgan fingerprint density at radius 1 is 1.39 bits per heavy atom. The predicted octanol–water partition coefficient (Wildman–Crippen LogP) is 1.59. The molecular formula is C17H26N4O2. The molecule has 0 radical (unpaired) electrons. The van der Waals surface area contributed by atoms with Crippen LogP contribution in [0.25, 0.3) is 0 Å². The summed E-state index contributed by atoms with van der Waals surface area (Å²) in [6, 6.07) is 0.221. The number of hydrogen-bond acceptors (Lipinski definition) is 3. The second kappa shape index (κ2) is 7.15. The van der Waals surface area contributed by atoms with Gasteiger partial charge in [-0.25, -0.2) is 0 Å². The number of hydrogen-bond donors (Lipinski definition) is 1. The first kappa shape index (κ1) is 16.0. The lowest BCUT2D eigenvalue weighted by Gasteiger charge is -2.35. The molecule has 3 fully saturated rings. The van der Waals surface area contributed by atoms with Crippen molar-refractivity contribution in [3.8, 4) is 0 Å². The van der Waals surface area contributed by atoms with Crippen molar-refractivity contribution in [2.45, 2.75) is 51.5 Å². The molecule has 3 saturated heterocycles. The summed E-state index contributed by atoms with van der Waals surface area (Å²) in [5.41, 5.74) is 1.14. The number of nitrogens with zero attached hydrogens (tertiary/aromatic N) is 3. The van der Waals surface area contributed by atoms with Gasteiger partial charge in [0.2, 0.25) is 11.8 Å². The van der Waals surface area contributed by atoms with E-state index < -0.39 is 0 Å². The minimum atomic E-state index is 0.0122. The van der Waals surface area contributed by atoms with E-state index in [1.165, 1.54) is 0 Å². The van der Waals surface area contributed by atoms with Crippen LogP contribution in [0.5, 0.6) is 0 Å². The Bertz CT molecular complexity index is 543. The van der Waals surface area contributed by atoms with Gasteiger partial charge in [0.1, 0.15) is 0 Å². The number of piperidine rings is 1. The number of aromatic nitrogens is 2. The van der Waals surface area contributed by atoms with Crippen LogP contribution in [0.2, 0.25) is 0 Å². The number of fused-ring (bicyclic) bond motifs is 4. The third-order valence-electron chi connectivity index (χ3n) is 5.02. The number of rotatable bonds is 6. The van der Waals surface area contributed by atoms with Crippen LogP contribution in [0.4, 0.5) is 0 Å². The fourth-order valence-electron chi connectivity index (χ4n) is 3.80. The minimum Gasteiger partial charge on any atom is -0.340 e. The van der Waals surface area contributed by atoms with Crippen LogP contribution in [-0.2, 0) is 16.0 Å². The third kappa shape index (κ3) is 3.57. The number of amides is 2. The third-order valence-corrected chi connectivity index (χ3v) is 5.02. The van der Waals surface area contributed by atoms with Gasteiger partial charge in [-0.2, -0.15) is 5.10 Å². The number of aryl methyl sites for hydroxylation is 1. The molecule has 4 rings (SSSR count). The highest BCUT2D eigenvalue weighted by atomic mass is 16.2. The Morgan fingerprint density at radius 2 is 2.26 bits per heavy atom. The van der Waals surface area contributed by atoms with Crippen molar-refractivity contribution in [1.82, 2.24) is 20.0 Å². The summed E-state index contributed by atoms with van der Waals surface area (Å²) in [5, 5.41) is 6.71. The van der Waals surface area contributed by atoms with Gasteiger partial charge >= 0.3 is 0 Å². The number of nitrogens with one attached hydrogen (secondary N) is 1. The lowest BCUT2D eigenvalue weighted by molar-refractivity contribution is -0.139. The summed E-state index contributed by atoms with van der Waals surface area (Å²) in [5.74, 6) is 0.464. The molecule has 2 bridgehead atoms. The van der Waals surface area contributed by atoms with Gasteiger partial charge in [0.05, 0.1) is 12.1 Å². The summed E-state index contributed by atoms with van der Waals surface area (Å²) < 4.78 is 0. The van der Waals surface area contributed by atoms with Crippen LogP contribution >= 0.6 is 0 Å². The molecule has 23 heavy (non-hydrogen) atoms. The highest BCUT2D eigenvalue weighted by Gasteiger charge is 2.41. The van der Waals surface area contributed by atoms with Crippen LogP contribution < -0.4 is 0 Å². The summed E-state index contributed by atoms with van der Waals surface area (Å²) in [6.07, 6.45) is 8.87. The maximum absolute atomic E-state index is 12.5. The van der Waals surface area contributed by atoms with E-state index in [1.807, 2.05) is 16.0 Å². The molecule has 1 aromatic heterocycles. The van der Waals surface area contributed by atoms with E-state index in [4.69, 9.17) is 0 Å². The van der Waals surface area contributed by atoms with Gasteiger partial charge in [-0.3, -0.25) is 14.7 Å². The van der Waals surface area contributed by atoms with Gasteiger partial charge in [0.25, 0.3) is 0 Å². The Labute approximate surface area is 137 Å². The van der Waals surface area contributed by atoms with E-state index in [1.54, 1.807) is 6.20 Å². The molecule has 0 spiro atoms. The van der Waals surface area contributed by atoms with Gasteiger partial charge in [0.15, 0.2) is 0 Å². The maximum Gasteiger partial charge on any atom is 0.227 e. The van der Waals surface area contributed by atoms with Gasteiger partial charge in [-0.05, 0) is 37.7 Å². The molecule has 6 nitrogen and oxygen atoms in total. The number of carbonyl (C=O) groups excluding carboxylic acids is 2. The molecule has 4 heterocycles. The van der Waals surface area contributed by atoms with Crippen LogP contribution in [0.1, 0.15) is 44.6 Å². The van der Waals surface area contributed by atoms with Crippen molar-refractivity contribution in [3.63, 3.8) is 0 Å². The lowest BCUT2D eigenvalue weighted by atomic mass is 9.94. The molecule has 126 valence electrons. The number of H-pyrrole nitrogens is 1. The molecule has 0 aliphatic carbocycles. The largest absolute Gasteiger partial charge is 0.340 e. The van der Waals surface area contributed by atoms with Crippen molar-refractivity contribution in [1.29, 1.82) is 0 Å². The second-order valence-corrected chi connectivity index (χ2v) is 6.72. The predicted molar refractivity (Wildman–Crippen MR) is 86.6 cm³/mol. The molecule has 2 atom stereocenters. The van der Waals surface area contributed by atoms with Crippen LogP contribution in [0.3, 0.4) is 0 Å². The molecule has 1 N–H and O–H groups in total. The monoisotopic (exact) mass is 318 g/mol. The summed E-state index contributed by atoms with van der Waals surface area (Å²) in [7, 11) is 0. The molecule has 0 saturated carbocycles. The van der Waals surface area contributed by atoms with E-state index in [-0.39, 0.29) is 23.8 Å². The first-order valence-electron chi connectivity index (χ1n) is 8.75. The Kier molecular flexibility index (Phi) is 4.98. The van der Waals surface area contributed by atoms with E-state index >= 15 is 0 Å². The SMILES string of the molecule is CCCN1C(=O)[C@@H]2CC[C@H]1CN(C(=O)CCCc1cn[nH]c1)C2. The van der Waals surface area contributed by atoms with E-state index in [0.29, 0.717) is 19.5 Å². The highest BCUT2D eigenvalue weighted by Crippen LogP contribution is 2.29. The van der Waals surface area contributed by atoms with Crippen molar-refractivity contribution in [2.24, 2.45) is 5.92 Å². The van der Waals surface area contributed by atoms with Gasteiger partial charge in [0, 0.05) is 38.3 Å². The molecule has 3 aliphatic heterocycles. The zero-order chi connectivity index (χ0) is 16.2. The summed E-state index contributed by atoms with van der Waals surface area (Å²) >= 11 is 0. The zero-order valence-electron chi connectivity index (χ0n) is 13.8. The van der Waals surface area contributed by atoms with Gasteiger partial charge < -0.3 is 9.80 Å². The second-order valence-electron chi connectivity index (χ2n) is 6.72. The van der Waals surface area contributed by atoms with Crippen molar-refractivity contribution in [2.75, 3.05) is 19.6 Å². The normalized spacial score (nSPS) is 24.1. The van der Waals surface area contributed by atoms with Gasteiger partial charge in [-0.1, -0.05) is 6.92 Å². The minimum absolute atomic E-state index is 0.0122. The lowest BCUT2D eigenvalue weighted by Crippen LogP contribution is -2.48. The molecule has 3 aliphatic rings. The van der Waals surface area contributed by atoms with Crippen molar-refractivity contribution < 1.29 is 9.59 Å². The smallest absolute Gasteiger partial charge is 0.227 e. The topological polar surface area (TPSA) is 69.3 Å². The molecular weight excluding hydrogens is 292 g/mol. The Hall–Kier alpha value is -1.85. The van der Waals surface area contributed by atoms with Crippen molar-refractivity contribution >= 4 is 11.8 Å². The standard InChI is InChI=1S/C17H26N4O2/c1-2-8-21-15-7-6-14(17(21)23)11-20(12-15)16(22)5-3-4-13-9-18-19-10-13/h9-10,14-15H,2-8,11-12H2,1H3,(H,18,19)/t14-,15+/m1/s1. The summed E-state index contributed by atoms with van der Waals surface area (Å²) in [4.78, 5) is 29.0. The number of carbonyl (C=O) groups is 2. The van der Waals surface area contributed by atoms with Crippen molar-refractivity contribution in [3.05, 3.63) is 18.0 Å². The average molecular weight is 318 g/mol. The Balaban J connectivity index is 1.56. The quantitative estimate of drug-likeness (QED) is 0.866. The fourth-order valence-corrected chi connectivity index (χ4v) is 3.80. The molecule has 0 unspecified atom stereocenters. The van der Waals surface area contributed by atoms with Crippen LogP contribution in [0.15, 0.2) is 12.4 Å². The first-order valence-corrected chi connectivity index (χ1v) is 8.75. The highest BCUT2D eigenvalue weighted by molar-refractivity contribution is 5.83. The van der Waals surface area contributed by atoms with E-state index in [0.717, 1.165) is 44.2 Å².